The summed E-state index contributed by atoms with van der Waals surface area (Å²) in [5.41, 5.74) is 1.79. The highest BCUT2D eigenvalue weighted by Crippen LogP contribution is 2.22. The summed E-state index contributed by atoms with van der Waals surface area (Å²) in [5.74, 6) is 0.830. The summed E-state index contributed by atoms with van der Waals surface area (Å²) in [7, 11) is 1.64. The first kappa shape index (κ1) is 16.5. The Balaban J connectivity index is 2.93. The quantitative estimate of drug-likeness (QED) is 0.687. The van der Waals surface area contributed by atoms with Gasteiger partial charge in [0.2, 0.25) is 0 Å². The molecule has 20 heavy (non-hydrogen) atoms. The summed E-state index contributed by atoms with van der Waals surface area (Å²) in [4.78, 5) is 14.1. The molecule has 0 fully saturated rings. The number of nitrogens with zero attached hydrogens (tertiary/aromatic N) is 1. The molecule has 0 aliphatic heterocycles. The van der Waals surface area contributed by atoms with E-state index in [1.807, 2.05) is 32.0 Å². The molecular formula is C16H25NO3. The highest BCUT2D eigenvalue weighted by Gasteiger charge is 2.14. The van der Waals surface area contributed by atoms with Crippen molar-refractivity contribution in [2.24, 2.45) is 0 Å². The molecule has 0 N–H and O–H groups in total. The normalized spacial score (nSPS) is 10.4. The van der Waals surface area contributed by atoms with Crippen LogP contribution in [0, 0.1) is 0 Å². The van der Waals surface area contributed by atoms with E-state index in [4.69, 9.17) is 9.47 Å². The molecule has 0 heterocycles. The lowest BCUT2D eigenvalue weighted by Crippen LogP contribution is -2.30. The van der Waals surface area contributed by atoms with Gasteiger partial charge >= 0.3 is 0 Å². The van der Waals surface area contributed by atoms with Crippen molar-refractivity contribution in [2.75, 3.05) is 33.4 Å². The van der Waals surface area contributed by atoms with Gasteiger partial charge in [-0.3, -0.25) is 4.79 Å². The average Bonchev–Trinajstić information content (AvgIpc) is 2.48. The largest absolute Gasteiger partial charge is 0.491 e. The van der Waals surface area contributed by atoms with Gasteiger partial charge in [0.15, 0.2) is 0 Å². The molecule has 4 nitrogen and oxygen atoms in total. The highest BCUT2D eigenvalue weighted by molar-refractivity contribution is 5.94. The third-order valence-electron chi connectivity index (χ3n) is 3.29. The van der Waals surface area contributed by atoms with Gasteiger partial charge in [0, 0.05) is 25.8 Å². The number of carbonyl (C=O) groups is 1. The van der Waals surface area contributed by atoms with Gasteiger partial charge in [0.25, 0.3) is 5.91 Å². The maximum atomic E-state index is 12.3. The van der Waals surface area contributed by atoms with Crippen molar-refractivity contribution in [3.63, 3.8) is 0 Å². The van der Waals surface area contributed by atoms with Gasteiger partial charge < -0.3 is 14.4 Å². The van der Waals surface area contributed by atoms with E-state index >= 15 is 0 Å². The zero-order valence-electron chi connectivity index (χ0n) is 12.9. The minimum absolute atomic E-state index is 0.0502. The molecule has 0 saturated heterocycles. The van der Waals surface area contributed by atoms with Crippen molar-refractivity contribution >= 4 is 5.91 Å². The maximum Gasteiger partial charge on any atom is 0.253 e. The second-order valence-corrected chi connectivity index (χ2v) is 4.49. The van der Waals surface area contributed by atoms with Crippen LogP contribution < -0.4 is 4.74 Å². The van der Waals surface area contributed by atoms with Crippen LogP contribution in [-0.2, 0) is 11.2 Å². The van der Waals surface area contributed by atoms with Crippen LogP contribution in [-0.4, -0.2) is 44.2 Å². The van der Waals surface area contributed by atoms with Crippen molar-refractivity contribution in [3.8, 4) is 5.75 Å². The fourth-order valence-corrected chi connectivity index (χ4v) is 2.04. The van der Waals surface area contributed by atoms with Gasteiger partial charge in [-0.15, -0.1) is 0 Å². The third kappa shape index (κ3) is 4.23. The lowest BCUT2D eigenvalue weighted by molar-refractivity contribution is 0.0772. The van der Waals surface area contributed by atoms with Crippen molar-refractivity contribution in [3.05, 3.63) is 29.3 Å². The standard InChI is InChI=1S/C16H25NO3/c1-5-13-8-9-14(16(18)17(6-2)7-3)12-15(13)20-11-10-19-4/h8-9,12H,5-7,10-11H2,1-4H3. The number of methoxy groups -OCH3 is 1. The molecule has 4 heteroatoms. The number of hydrogen-bond donors (Lipinski definition) is 0. The summed E-state index contributed by atoms with van der Waals surface area (Å²) < 4.78 is 10.7. The first-order valence-electron chi connectivity index (χ1n) is 7.21. The molecule has 1 amide bonds. The number of benzene rings is 1. The molecule has 1 rings (SSSR count). The number of carbonyl (C=O) groups excluding carboxylic acids is 1. The van der Waals surface area contributed by atoms with Gasteiger partial charge in [-0.05, 0) is 38.0 Å². The summed E-state index contributed by atoms with van der Waals surface area (Å²) >= 11 is 0. The van der Waals surface area contributed by atoms with Gasteiger partial charge in [0.05, 0.1) is 6.61 Å². The number of aryl methyl sites for hydroxylation is 1. The van der Waals surface area contributed by atoms with E-state index in [-0.39, 0.29) is 5.91 Å². The molecule has 0 radical (unpaired) electrons. The molecular weight excluding hydrogens is 254 g/mol. The summed E-state index contributed by atoms with van der Waals surface area (Å²) in [6.45, 7) is 8.50. The Hall–Kier alpha value is -1.55. The first-order chi connectivity index (χ1) is 9.67. The third-order valence-corrected chi connectivity index (χ3v) is 3.29. The maximum absolute atomic E-state index is 12.3. The Labute approximate surface area is 121 Å². The second-order valence-electron chi connectivity index (χ2n) is 4.49. The van der Waals surface area contributed by atoms with E-state index < -0.39 is 0 Å². The minimum Gasteiger partial charge on any atom is -0.491 e. The summed E-state index contributed by atoms with van der Waals surface area (Å²) in [5, 5.41) is 0. The lowest BCUT2D eigenvalue weighted by Gasteiger charge is -2.19. The second kappa shape index (κ2) is 8.59. The molecule has 0 aromatic heterocycles. The van der Waals surface area contributed by atoms with Gasteiger partial charge in [-0.25, -0.2) is 0 Å². The average molecular weight is 279 g/mol. The zero-order chi connectivity index (χ0) is 15.0. The Bertz CT molecular complexity index is 428. The Morgan fingerprint density at radius 1 is 1.15 bits per heavy atom. The Morgan fingerprint density at radius 3 is 2.40 bits per heavy atom. The number of ether oxygens (including phenoxy) is 2. The van der Waals surface area contributed by atoms with Crippen LogP contribution in [0.5, 0.6) is 5.75 Å². The van der Waals surface area contributed by atoms with Crippen molar-refractivity contribution in [1.29, 1.82) is 0 Å². The Kier molecular flexibility index (Phi) is 7.09. The van der Waals surface area contributed by atoms with E-state index in [2.05, 4.69) is 6.92 Å². The van der Waals surface area contributed by atoms with Crippen LogP contribution in [0.15, 0.2) is 18.2 Å². The summed E-state index contributed by atoms with van der Waals surface area (Å²) in [6, 6.07) is 5.69. The topological polar surface area (TPSA) is 38.8 Å². The molecule has 0 spiro atoms. The van der Waals surface area contributed by atoms with Gasteiger partial charge in [-0.2, -0.15) is 0 Å². The lowest BCUT2D eigenvalue weighted by atomic mass is 10.1. The predicted octanol–water partition coefficient (Wildman–Crippen LogP) is 2.76. The van der Waals surface area contributed by atoms with Crippen LogP contribution in [0.4, 0.5) is 0 Å². The van der Waals surface area contributed by atoms with Crippen molar-refractivity contribution in [2.45, 2.75) is 27.2 Å². The zero-order valence-corrected chi connectivity index (χ0v) is 12.9. The molecule has 0 atom stereocenters. The smallest absolute Gasteiger partial charge is 0.253 e. The van der Waals surface area contributed by atoms with E-state index in [0.717, 1.165) is 17.7 Å². The monoisotopic (exact) mass is 279 g/mol. The van der Waals surface area contributed by atoms with Gasteiger partial charge in [0.1, 0.15) is 12.4 Å². The van der Waals surface area contributed by atoms with E-state index in [9.17, 15) is 4.79 Å². The van der Waals surface area contributed by atoms with Gasteiger partial charge in [-0.1, -0.05) is 13.0 Å². The van der Waals surface area contributed by atoms with Crippen LogP contribution in [0.2, 0.25) is 0 Å². The highest BCUT2D eigenvalue weighted by atomic mass is 16.5. The van der Waals surface area contributed by atoms with Crippen molar-refractivity contribution in [1.82, 2.24) is 4.90 Å². The molecule has 112 valence electrons. The SMILES string of the molecule is CCc1ccc(C(=O)N(CC)CC)cc1OCCOC. The molecule has 0 unspecified atom stereocenters. The minimum atomic E-state index is 0.0502. The molecule has 0 saturated carbocycles. The van der Waals surface area contributed by atoms with Crippen LogP contribution in [0.1, 0.15) is 36.7 Å². The number of amides is 1. The molecule has 0 aliphatic carbocycles. The first-order valence-corrected chi connectivity index (χ1v) is 7.21. The van der Waals surface area contributed by atoms with Crippen molar-refractivity contribution < 1.29 is 14.3 Å². The Morgan fingerprint density at radius 2 is 1.85 bits per heavy atom. The van der Waals surface area contributed by atoms with Crippen LogP contribution in [0.3, 0.4) is 0 Å². The summed E-state index contributed by atoms with van der Waals surface area (Å²) in [6.07, 6.45) is 0.877. The number of rotatable bonds is 8. The fourth-order valence-electron chi connectivity index (χ4n) is 2.04. The van der Waals surface area contributed by atoms with Crippen LogP contribution >= 0.6 is 0 Å². The predicted molar refractivity (Wildman–Crippen MR) is 80.4 cm³/mol. The molecule has 0 bridgehead atoms. The van der Waals surface area contributed by atoms with E-state index in [1.165, 1.54) is 0 Å². The number of hydrogen-bond acceptors (Lipinski definition) is 3. The molecule has 1 aromatic carbocycles. The fraction of sp³-hybridized carbons (Fsp3) is 0.562. The van der Waals surface area contributed by atoms with E-state index in [1.54, 1.807) is 12.0 Å². The van der Waals surface area contributed by atoms with E-state index in [0.29, 0.717) is 31.9 Å². The van der Waals surface area contributed by atoms with Crippen LogP contribution in [0.25, 0.3) is 0 Å². The molecule has 1 aromatic rings. The molecule has 0 aliphatic rings.